The first kappa shape index (κ1) is 21.3. The highest BCUT2D eigenvalue weighted by Crippen LogP contribution is 2.39. The molecule has 2 nitrogen and oxygen atoms in total. The van der Waals surface area contributed by atoms with Crippen LogP contribution in [-0.2, 0) is 0 Å². The van der Waals surface area contributed by atoms with E-state index >= 15 is 0 Å². The molecule has 0 fully saturated rings. The fourth-order valence-corrected chi connectivity index (χ4v) is 4.35. The number of hydrogen-bond acceptors (Lipinski definition) is 2. The molecule has 3 heteroatoms. The number of anilines is 2. The Morgan fingerprint density at radius 2 is 1.32 bits per heavy atom. The molecule has 0 spiro atoms. The Bertz CT molecular complexity index is 1050. The van der Waals surface area contributed by atoms with Gasteiger partial charge in [0.2, 0.25) is 0 Å². The van der Waals surface area contributed by atoms with Crippen LogP contribution in [0.25, 0.3) is 5.57 Å². The molecule has 0 unspecified atom stereocenters. The predicted molar refractivity (Wildman–Crippen MR) is 135 cm³/mol. The van der Waals surface area contributed by atoms with Gasteiger partial charge in [-0.15, -0.1) is 0 Å². The highest BCUT2D eigenvalue weighted by molar-refractivity contribution is 6.30. The second kappa shape index (κ2) is 9.89. The molecule has 0 amide bonds. The van der Waals surface area contributed by atoms with Crippen molar-refractivity contribution in [2.75, 3.05) is 37.0 Å². The van der Waals surface area contributed by atoms with Gasteiger partial charge < -0.3 is 9.80 Å². The third-order valence-corrected chi connectivity index (χ3v) is 6.19. The van der Waals surface area contributed by atoms with E-state index in [0.29, 0.717) is 0 Å². The van der Waals surface area contributed by atoms with Gasteiger partial charge in [0, 0.05) is 43.6 Å². The van der Waals surface area contributed by atoms with Crippen LogP contribution >= 0.6 is 11.6 Å². The zero-order valence-corrected chi connectivity index (χ0v) is 19.0. The Morgan fingerprint density at radius 3 is 1.94 bits per heavy atom. The molecule has 0 heterocycles. The summed E-state index contributed by atoms with van der Waals surface area (Å²) < 4.78 is 0. The Labute approximate surface area is 191 Å². The Kier molecular flexibility index (Phi) is 6.79. The van der Waals surface area contributed by atoms with Crippen LogP contribution in [0.3, 0.4) is 0 Å². The number of halogens is 1. The van der Waals surface area contributed by atoms with Gasteiger partial charge in [0.15, 0.2) is 0 Å². The number of nitrogens with zero attached hydrogens (tertiary/aromatic N) is 2. The standard InChI is InChI=1S/C28H29ClN2/c1-30(26-9-5-3-6-10-26)20-19-23-13-14-24(21-31(2)27-11-7-4-8-12-27)28(23)22-15-17-25(29)18-16-22/h3-12,15-19H,13-14,20-21H2,1-2H3/b23-19-. The molecule has 0 aromatic heterocycles. The van der Waals surface area contributed by atoms with Gasteiger partial charge in [-0.05, 0) is 71.5 Å². The molecule has 0 aliphatic heterocycles. The van der Waals surface area contributed by atoms with Crippen molar-refractivity contribution in [3.8, 4) is 0 Å². The fraction of sp³-hybridized carbons (Fsp3) is 0.214. The molecule has 1 aliphatic rings. The van der Waals surface area contributed by atoms with Gasteiger partial charge in [-0.2, -0.15) is 0 Å². The summed E-state index contributed by atoms with van der Waals surface area (Å²) in [5.74, 6) is 0. The lowest BCUT2D eigenvalue weighted by Crippen LogP contribution is -2.20. The van der Waals surface area contributed by atoms with Crippen molar-refractivity contribution in [1.29, 1.82) is 0 Å². The average Bonchev–Trinajstić information content (AvgIpc) is 3.21. The van der Waals surface area contributed by atoms with Gasteiger partial charge in [0.1, 0.15) is 0 Å². The van der Waals surface area contributed by atoms with E-state index in [1.54, 1.807) is 0 Å². The van der Waals surface area contributed by atoms with Crippen molar-refractivity contribution in [2.45, 2.75) is 12.8 Å². The number of rotatable bonds is 7. The molecule has 4 rings (SSSR count). The van der Waals surface area contributed by atoms with E-state index in [1.165, 1.54) is 33.7 Å². The van der Waals surface area contributed by atoms with Crippen molar-refractivity contribution in [1.82, 2.24) is 0 Å². The van der Waals surface area contributed by atoms with Crippen LogP contribution in [0.1, 0.15) is 18.4 Å². The summed E-state index contributed by atoms with van der Waals surface area (Å²) in [6, 6.07) is 29.4. The first-order chi connectivity index (χ1) is 15.1. The minimum Gasteiger partial charge on any atom is -0.371 e. The van der Waals surface area contributed by atoms with Gasteiger partial charge in [-0.25, -0.2) is 0 Å². The van der Waals surface area contributed by atoms with Gasteiger partial charge in [0.05, 0.1) is 0 Å². The van der Waals surface area contributed by atoms with Crippen LogP contribution in [0.4, 0.5) is 11.4 Å². The second-order valence-electron chi connectivity index (χ2n) is 8.12. The summed E-state index contributed by atoms with van der Waals surface area (Å²) in [6.45, 7) is 1.81. The zero-order chi connectivity index (χ0) is 21.6. The largest absolute Gasteiger partial charge is 0.371 e. The van der Waals surface area contributed by atoms with Crippen molar-refractivity contribution in [2.24, 2.45) is 0 Å². The Hall–Kier alpha value is -2.97. The van der Waals surface area contributed by atoms with Gasteiger partial charge in [-0.3, -0.25) is 0 Å². The van der Waals surface area contributed by atoms with Gasteiger partial charge in [0.25, 0.3) is 0 Å². The Balaban J connectivity index is 1.62. The predicted octanol–water partition coefficient (Wildman–Crippen LogP) is 7.09. The van der Waals surface area contributed by atoms with Crippen LogP contribution in [0.5, 0.6) is 0 Å². The molecule has 0 atom stereocenters. The van der Waals surface area contributed by atoms with E-state index in [-0.39, 0.29) is 0 Å². The number of allylic oxidation sites excluding steroid dienone is 2. The smallest absolute Gasteiger partial charge is 0.0406 e. The maximum atomic E-state index is 6.18. The first-order valence-electron chi connectivity index (χ1n) is 10.8. The van der Waals surface area contributed by atoms with E-state index in [0.717, 1.165) is 31.0 Å². The molecule has 158 valence electrons. The number of para-hydroxylation sites is 2. The molecule has 0 radical (unpaired) electrons. The van der Waals surface area contributed by atoms with Crippen LogP contribution in [0, 0.1) is 0 Å². The highest BCUT2D eigenvalue weighted by Gasteiger charge is 2.22. The lowest BCUT2D eigenvalue weighted by Gasteiger charge is -2.21. The maximum Gasteiger partial charge on any atom is 0.0406 e. The summed E-state index contributed by atoms with van der Waals surface area (Å²) >= 11 is 6.18. The second-order valence-corrected chi connectivity index (χ2v) is 8.56. The van der Waals surface area contributed by atoms with Crippen molar-refractivity contribution < 1.29 is 0 Å². The summed E-state index contributed by atoms with van der Waals surface area (Å²) in [4.78, 5) is 4.63. The van der Waals surface area contributed by atoms with Crippen LogP contribution in [0.15, 0.2) is 102 Å². The first-order valence-corrected chi connectivity index (χ1v) is 11.2. The van der Waals surface area contributed by atoms with Crippen molar-refractivity contribution in [3.05, 3.63) is 113 Å². The van der Waals surface area contributed by atoms with Crippen LogP contribution in [0.2, 0.25) is 5.02 Å². The molecule has 0 N–H and O–H groups in total. The number of benzene rings is 3. The van der Waals surface area contributed by atoms with Crippen molar-refractivity contribution >= 4 is 28.5 Å². The molecular weight excluding hydrogens is 400 g/mol. The zero-order valence-electron chi connectivity index (χ0n) is 18.3. The molecule has 0 bridgehead atoms. The van der Waals surface area contributed by atoms with E-state index < -0.39 is 0 Å². The van der Waals surface area contributed by atoms with E-state index in [1.807, 2.05) is 12.1 Å². The molecule has 0 saturated carbocycles. The normalized spacial score (nSPS) is 14.9. The highest BCUT2D eigenvalue weighted by atomic mass is 35.5. The summed E-state index contributed by atoms with van der Waals surface area (Å²) in [6.07, 6.45) is 4.57. The molecule has 31 heavy (non-hydrogen) atoms. The maximum absolute atomic E-state index is 6.18. The number of hydrogen-bond donors (Lipinski definition) is 0. The summed E-state index contributed by atoms with van der Waals surface area (Å²) in [5, 5.41) is 0.777. The third kappa shape index (κ3) is 5.21. The van der Waals surface area contributed by atoms with E-state index in [2.05, 4.69) is 103 Å². The van der Waals surface area contributed by atoms with E-state index in [9.17, 15) is 0 Å². The summed E-state index contributed by atoms with van der Waals surface area (Å²) in [5.41, 5.74) is 8.04. The monoisotopic (exact) mass is 428 g/mol. The quantitative estimate of drug-likeness (QED) is 0.396. The number of likely N-dealkylation sites (N-methyl/N-ethyl adjacent to an activating group) is 2. The summed E-state index contributed by atoms with van der Waals surface area (Å²) in [7, 11) is 4.32. The minimum absolute atomic E-state index is 0.777. The van der Waals surface area contributed by atoms with Crippen LogP contribution < -0.4 is 9.80 Å². The Morgan fingerprint density at radius 1 is 0.742 bits per heavy atom. The molecular formula is C28H29ClN2. The van der Waals surface area contributed by atoms with Gasteiger partial charge in [-0.1, -0.05) is 66.2 Å². The topological polar surface area (TPSA) is 6.48 Å². The molecule has 1 aliphatic carbocycles. The lowest BCUT2D eigenvalue weighted by atomic mass is 9.97. The van der Waals surface area contributed by atoms with Crippen LogP contribution in [-0.4, -0.2) is 27.2 Å². The lowest BCUT2D eigenvalue weighted by molar-refractivity contribution is 0.907. The SMILES string of the molecule is CN(C/C=C1/CCC(CN(C)c2ccccc2)=C1c1ccc(Cl)cc1)c1ccccc1. The third-order valence-electron chi connectivity index (χ3n) is 5.94. The molecule has 0 saturated heterocycles. The minimum atomic E-state index is 0.777. The average molecular weight is 429 g/mol. The molecule has 3 aromatic carbocycles. The fourth-order valence-electron chi connectivity index (χ4n) is 4.23. The van der Waals surface area contributed by atoms with E-state index in [4.69, 9.17) is 11.6 Å². The van der Waals surface area contributed by atoms with Crippen molar-refractivity contribution in [3.63, 3.8) is 0 Å². The molecule has 3 aromatic rings. The van der Waals surface area contributed by atoms with Gasteiger partial charge >= 0.3 is 0 Å².